The lowest BCUT2D eigenvalue weighted by molar-refractivity contribution is 0.561. The number of hydrazine groups is 1. The molecule has 4 nitrogen and oxygen atoms in total. The number of nitrogens with two attached hydrogens (primary N) is 1. The molecule has 80 valence electrons. The van der Waals surface area contributed by atoms with Gasteiger partial charge in [-0.2, -0.15) is 0 Å². The molecule has 0 saturated heterocycles. The van der Waals surface area contributed by atoms with Gasteiger partial charge in [0.2, 0.25) is 0 Å². The molecule has 2 heterocycles. The number of aromatic nitrogens is 2. The van der Waals surface area contributed by atoms with Crippen LogP contribution >= 0.6 is 22.9 Å². The summed E-state index contributed by atoms with van der Waals surface area (Å²) in [5, 5.41) is 6.06. The summed E-state index contributed by atoms with van der Waals surface area (Å²) in [5.74, 6) is 5.56. The Balaban J connectivity index is 2.15. The van der Waals surface area contributed by atoms with Crippen LogP contribution < -0.4 is 11.3 Å². The molecule has 0 aliphatic rings. The van der Waals surface area contributed by atoms with E-state index in [1.807, 2.05) is 13.0 Å². The molecule has 0 bridgehead atoms. The van der Waals surface area contributed by atoms with Crippen molar-refractivity contribution in [3.05, 3.63) is 33.0 Å². The predicted octanol–water partition coefficient (Wildman–Crippen LogP) is 1.66. The van der Waals surface area contributed by atoms with Crippen molar-refractivity contribution in [2.24, 2.45) is 5.84 Å². The highest BCUT2D eigenvalue weighted by atomic mass is 32.1. The van der Waals surface area contributed by atoms with Gasteiger partial charge in [-0.25, -0.2) is 0 Å². The van der Waals surface area contributed by atoms with Crippen molar-refractivity contribution in [1.29, 1.82) is 0 Å². The van der Waals surface area contributed by atoms with E-state index < -0.39 is 0 Å². The van der Waals surface area contributed by atoms with Gasteiger partial charge in [0.15, 0.2) is 0 Å². The molecule has 1 atom stereocenters. The standard InChI is InChI=1S/C9H12N4S2/c1-6-9(15-13-12-6)8(11-10)5-7-3-2-4-14-7/h2-4,8,11H,5,10H2,1H3. The number of hydrogen-bond donors (Lipinski definition) is 2. The topological polar surface area (TPSA) is 63.8 Å². The number of rotatable bonds is 4. The lowest BCUT2D eigenvalue weighted by Crippen LogP contribution is -2.29. The first-order valence-corrected chi connectivity index (χ1v) is 6.24. The van der Waals surface area contributed by atoms with Crippen LogP contribution in [0.15, 0.2) is 17.5 Å². The summed E-state index contributed by atoms with van der Waals surface area (Å²) >= 11 is 3.14. The largest absolute Gasteiger partial charge is 0.271 e. The average molecular weight is 240 g/mol. The highest BCUT2D eigenvalue weighted by Crippen LogP contribution is 2.24. The highest BCUT2D eigenvalue weighted by molar-refractivity contribution is 7.10. The van der Waals surface area contributed by atoms with E-state index in [2.05, 4.69) is 26.5 Å². The van der Waals surface area contributed by atoms with E-state index in [9.17, 15) is 0 Å². The monoisotopic (exact) mass is 240 g/mol. The van der Waals surface area contributed by atoms with Gasteiger partial charge in [-0.1, -0.05) is 10.6 Å². The zero-order valence-corrected chi connectivity index (χ0v) is 9.94. The van der Waals surface area contributed by atoms with E-state index in [0.29, 0.717) is 0 Å². The van der Waals surface area contributed by atoms with Crippen LogP contribution in [0.1, 0.15) is 21.5 Å². The van der Waals surface area contributed by atoms with E-state index in [1.165, 1.54) is 16.4 Å². The molecule has 2 aromatic rings. The fourth-order valence-corrected chi connectivity index (χ4v) is 2.87. The van der Waals surface area contributed by atoms with Gasteiger partial charge in [0.05, 0.1) is 16.6 Å². The minimum absolute atomic E-state index is 0.114. The number of thiophene rings is 1. The average Bonchev–Trinajstić information content (AvgIpc) is 2.85. The van der Waals surface area contributed by atoms with Crippen molar-refractivity contribution in [3.63, 3.8) is 0 Å². The molecular formula is C9H12N4S2. The molecule has 0 fully saturated rings. The van der Waals surface area contributed by atoms with Crippen molar-refractivity contribution in [2.45, 2.75) is 19.4 Å². The first-order valence-electron chi connectivity index (χ1n) is 4.58. The minimum Gasteiger partial charge on any atom is -0.271 e. The Kier molecular flexibility index (Phi) is 3.42. The first-order chi connectivity index (χ1) is 7.31. The molecule has 0 aliphatic heterocycles. The molecule has 3 N–H and O–H groups in total. The second-order valence-corrected chi connectivity index (χ2v) is 5.04. The lowest BCUT2D eigenvalue weighted by atomic mass is 10.1. The maximum atomic E-state index is 5.56. The van der Waals surface area contributed by atoms with E-state index in [1.54, 1.807) is 11.3 Å². The maximum absolute atomic E-state index is 5.56. The summed E-state index contributed by atoms with van der Waals surface area (Å²) in [6, 6.07) is 4.27. The van der Waals surface area contributed by atoms with Crippen LogP contribution in [0, 0.1) is 6.92 Å². The van der Waals surface area contributed by atoms with Crippen molar-refractivity contribution in [1.82, 2.24) is 15.0 Å². The zero-order valence-electron chi connectivity index (χ0n) is 8.30. The smallest absolute Gasteiger partial charge is 0.0773 e. The summed E-state index contributed by atoms with van der Waals surface area (Å²) in [5.41, 5.74) is 3.78. The van der Waals surface area contributed by atoms with Crippen molar-refractivity contribution in [3.8, 4) is 0 Å². The van der Waals surface area contributed by atoms with Crippen molar-refractivity contribution >= 4 is 22.9 Å². The molecule has 2 aromatic heterocycles. The number of hydrogen-bond acceptors (Lipinski definition) is 6. The molecular weight excluding hydrogens is 228 g/mol. The Morgan fingerprint density at radius 3 is 3.00 bits per heavy atom. The normalized spacial score (nSPS) is 12.9. The molecule has 15 heavy (non-hydrogen) atoms. The predicted molar refractivity (Wildman–Crippen MR) is 62.7 cm³/mol. The highest BCUT2D eigenvalue weighted by Gasteiger charge is 2.16. The van der Waals surface area contributed by atoms with E-state index in [-0.39, 0.29) is 6.04 Å². The number of nitrogens with one attached hydrogen (secondary N) is 1. The minimum atomic E-state index is 0.114. The molecule has 0 radical (unpaired) electrons. The molecule has 0 saturated carbocycles. The quantitative estimate of drug-likeness (QED) is 0.630. The number of nitrogens with zero attached hydrogens (tertiary/aromatic N) is 2. The molecule has 0 spiro atoms. The summed E-state index contributed by atoms with van der Waals surface area (Å²) < 4.78 is 3.92. The third-order valence-electron chi connectivity index (χ3n) is 2.19. The van der Waals surface area contributed by atoms with Crippen LogP contribution in [0.5, 0.6) is 0 Å². The van der Waals surface area contributed by atoms with Gasteiger partial charge in [-0.15, -0.1) is 16.4 Å². The van der Waals surface area contributed by atoms with E-state index in [4.69, 9.17) is 5.84 Å². The lowest BCUT2D eigenvalue weighted by Gasteiger charge is -2.12. The van der Waals surface area contributed by atoms with E-state index >= 15 is 0 Å². The molecule has 0 amide bonds. The Morgan fingerprint density at radius 2 is 2.47 bits per heavy atom. The van der Waals surface area contributed by atoms with Crippen LogP contribution in [0.25, 0.3) is 0 Å². The van der Waals surface area contributed by atoms with Crippen LogP contribution in [0.4, 0.5) is 0 Å². The second-order valence-electron chi connectivity index (χ2n) is 3.23. The Bertz CT molecular complexity index is 409. The zero-order chi connectivity index (χ0) is 10.7. The SMILES string of the molecule is Cc1nnsc1C(Cc1cccs1)NN. The molecule has 1 unspecified atom stereocenters. The van der Waals surface area contributed by atoms with Crippen molar-refractivity contribution < 1.29 is 0 Å². The van der Waals surface area contributed by atoms with Crippen LogP contribution in [0.2, 0.25) is 0 Å². The van der Waals surface area contributed by atoms with E-state index in [0.717, 1.165) is 17.0 Å². The number of aryl methyl sites for hydroxylation is 1. The van der Waals surface area contributed by atoms with Crippen LogP contribution in [-0.2, 0) is 6.42 Å². The third-order valence-corrected chi connectivity index (χ3v) is 4.03. The Hall–Kier alpha value is -0.820. The fraction of sp³-hybridized carbons (Fsp3) is 0.333. The van der Waals surface area contributed by atoms with Gasteiger partial charge < -0.3 is 0 Å². The summed E-state index contributed by atoms with van der Waals surface area (Å²) in [6.07, 6.45) is 0.888. The molecule has 6 heteroatoms. The van der Waals surface area contributed by atoms with Crippen LogP contribution in [-0.4, -0.2) is 9.59 Å². The maximum Gasteiger partial charge on any atom is 0.0773 e. The van der Waals surface area contributed by atoms with Gasteiger partial charge >= 0.3 is 0 Å². The molecule has 2 rings (SSSR count). The van der Waals surface area contributed by atoms with Gasteiger partial charge in [0.25, 0.3) is 0 Å². The summed E-state index contributed by atoms with van der Waals surface area (Å²) in [6.45, 7) is 1.96. The van der Waals surface area contributed by atoms with Crippen molar-refractivity contribution in [2.75, 3.05) is 0 Å². The van der Waals surface area contributed by atoms with Gasteiger partial charge in [-0.05, 0) is 29.9 Å². The Labute approximate surface area is 96.3 Å². The summed E-state index contributed by atoms with van der Waals surface area (Å²) in [4.78, 5) is 2.43. The fourth-order valence-electron chi connectivity index (χ4n) is 1.41. The second kappa shape index (κ2) is 4.80. The van der Waals surface area contributed by atoms with Gasteiger partial charge in [-0.3, -0.25) is 11.3 Å². The molecule has 0 aromatic carbocycles. The third kappa shape index (κ3) is 2.40. The van der Waals surface area contributed by atoms with Gasteiger partial charge in [0.1, 0.15) is 0 Å². The molecule has 0 aliphatic carbocycles. The Morgan fingerprint density at radius 1 is 1.60 bits per heavy atom. The first kappa shape index (κ1) is 10.7. The van der Waals surface area contributed by atoms with Gasteiger partial charge in [0, 0.05) is 11.3 Å². The van der Waals surface area contributed by atoms with Crippen LogP contribution in [0.3, 0.4) is 0 Å². The summed E-state index contributed by atoms with van der Waals surface area (Å²) in [7, 11) is 0.